The van der Waals surface area contributed by atoms with Crippen molar-refractivity contribution in [3.8, 4) is 28.7 Å². The number of hydrogen-bond donors (Lipinski definition) is 3. The predicted molar refractivity (Wildman–Crippen MR) is 171 cm³/mol. The molecule has 6 rings (SSSR count). The molecule has 1 amide bonds. The molecule has 0 saturated carbocycles. The summed E-state index contributed by atoms with van der Waals surface area (Å²) in [6.07, 6.45) is 5.72. The minimum absolute atomic E-state index is 0.184. The number of aromatic hydroxyl groups is 2. The van der Waals surface area contributed by atoms with Crippen LogP contribution in [0.4, 0.5) is 5.69 Å². The molecule has 2 aromatic heterocycles. The van der Waals surface area contributed by atoms with E-state index in [0.29, 0.717) is 11.3 Å². The molecule has 1 aliphatic heterocycles. The van der Waals surface area contributed by atoms with Crippen molar-refractivity contribution in [2.45, 2.75) is 26.8 Å². The molecule has 3 aromatic carbocycles. The van der Waals surface area contributed by atoms with Crippen LogP contribution in [0, 0.1) is 13.8 Å². The summed E-state index contributed by atoms with van der Waals surface area (Å²) < 4.78 is 10.1. The van der Waals surface area contributed by atoms with Crippen LogP contribution in [0.3, 0.4) is 0 Å². The Morgan fingerprint density at radius 1 is 0.932 bits per heavy atom. The Bertz CT molecular complexity index is 1750. The second kappa shape index (κ2) is 12.4. The number of rotatable bonds is 9. The van der Waals surface area contributed by atoms with Gasteiger partial charge in [0.2, 0.25) is 0 Å². The minimum atomic E-state index is -0.382. The van der Waals surface area contributed by atoms with Crippen molar-refractivity contribution >= 4 is 22.5 Å². The lowest BCUT2D eigenvalue weighted by Gasteiger charge is -2.32. The summed E-state index contributed by atoms with van der Waals surface area (Å²) >= 11 is 0. The van der Waals surface area contributed by atoms with Gasteiger partial charge in [0.25, 0.3) is 5.91 Å². The number of carbonyl (C=O) groups is 1. The molecule has 44 heavy (non-hydrogen) atoms. The first-order valence-electron chi connectivity index (χ1n) is 14.9. The normalized spacial score (nSPS) is 14.2. The molecule has 5 aromatic rings. The van der Waals surface area contributed by atoms with Gasteiger partial charge in [-0.25, -0.2) is 4.98 Å². The SMILES string of the molecule is Cc1c(C)n(CCCN2CCN(C)CC2)c2ccc(Oc3ccc(C(=O)Nc4cc(O)c(-n5ccnc5)c(O)c4)cc3)cc12. The van der Waals surface area contributed by atoms with Gasteiger partial charge in [-0.2, -0.15) is 0 Å². The number of likely N-dealkylation sites (N-methyl/N-ethyl adjacent to an activating group) is 1. The third-order valence-electron chi connectivity index (χ3n) is 8.50. The van der Waals surface area contributed by atoms with E-state index in [0.717, 1.165) is 51.4 Å². The molecular formula is C34H38N6O4. The molecule has 0 aliphatic carbocycles. The third kappa shape index (κ3) is 6.13. The highest BCUT2D eigenvalue weighted by Crippen LogP contribution is 2.35. The number of ether oxygens (including phenoxy) is 1. The average Bonchev–Trinajstić information content (AvgIpc) is 3.61. The molecule has 1 saturated heterocycles. The maximum Gasteiger partial charge on any atom is 0.255 e. The number of aryl methyl sites for hydroxylation is 2. The fourth-order valence-corrected chi connectivity index (χ4v) is 5.85. The quantitative estimate of drug-likeness (QED) is 0.206. The van der Waals surface area contributed by atoms with Gasteiger partial charge in [0, 0.05) is 85.1 Å². The zero-order valence-corrected chi connectivity index (χ0v) is 25.3. The number of imidazole rings is 1. The number of piperazine rings is 1. The summed E-state index contributed by atoms with van der Waals surface area (Å²) in [7, 11) is 2.19. The standard InChI is InChI=1S/C34H38N6O4/c1-23-24(2)40(13-4-12-38-17-15-37(3)16-18-38)30-10-9-28(21-29(23)30)44-27-7-5-25(6-8-27)34(43)36-26-19-31(41)33(32(42)20-26)39-14-11-35-22-39/h5-11,14,19-22,41-42H,4,12-13,15-18H2,1-3H3,(H,36,43). The van der Waals surface area contributed by atoms with Gasteiger partial charge in [0.05, 0.1) is 6.33 Å². The van der Waals surface area contributed by atoms with Crippen LogP contribution in [-0.4, -0.2) is 79.8 Å². The number of hydrogen-bond acceptors (Lipinski definition) is 7. The molecule has 0 spiro atoms. The molecule has 0 unspecified atom stereocenters. The van der Waals surface area contributed by atoms with Gasteiger partial charge < -0.3 is 34.6 Å². The Kier molecular flexibility index (Phi) is 8.28. The molecule has 3 heterocycles. The Morgan fingerprint density at radius 2 is 1.64 bits per heavy atom. The van der Waals surface area contributed by atoms with Gasteiger partial charge in [-0.3, -0.25) is 9.36 Å². The topological polar surface area (TPSA) is 108 Å². The summed E-state index contributed by atoms with van der Waals surface area (Å²) in [5.74, 6) is 0.585. The van der Waals surface area contributed by atoms with Crippen molar-refractivity contribution in [3.63, 3.8) is 0 Å². The molecule has 3 N–H and O–H groups in total. The van der Waals surface area contributed by atoms with E-state index in [1.807, 2.05) is 6.07 Å². The number of amides is 1. The van der Waals surface area contributed by atoms with Crippen molar-refractivity contribution in [2.24, 2.45) is 0 Å². The van der Waals surface area contributed by atoms with Crippen molar-refractivity contribution in [2.75, 3.05) is 45.1 Å². The van der Waals surface area contributed by atoms with Crippen LogP contribution in [0.25, 0.3) is 16.6 Å². The molecule has 10 nitrogen and oxygen atoms in total. The van der Waals surface area contributed by atoms with Crippen LogP contribution >= 0.6 is 0 Å². The Balaban J connectivity index is 1.09. The van der Waals surface area contributed by atoms with Crippen LogP contribution in [0.2, 0.25) is 0 Å². The summed E-state index contributed by atoms with van der Waals surface area (Å²) in [5.41, 5.74) is 4.61. The molecule has 228 valence electrons. The van der Waals surface area contributed by atoms with E-state index >= 15 is 0 Å². The highest BCUT2D eigenvalue weighted by Gasteiger charge is 2.17. The summed E-state index contributed by atoms with van der Waals surface area (Å²) in [6, 6.07) is 15.8. The second-order valence-electron chi connectivity index (χ2n) is 11.5. The molecule has 0 bridgehead atoms. The van der Waals surface area contributed by atoms with E-state index in [9.17, 15) is 15.0 Å². The van der Waals surface area contributed by atoms with Crippen molar-refractivity contribution < 1.29 is 19.7 Å². The Hall–Kier alpha value is -4.80. The van der Waals surface area contributed by atoms with E-state index < -0.39 is 0 Å². The molecule has 1 aliphatic rings. The largest absolute Gasteiger partial charge is 0.506 e. The first-order valence-corrected chi connectivity index (χ1v) is 14.9. The van der Waals surface area contributed by atoms with Crippen LogP contribution in [0.15, 0.2) is 73.3 Å². The number of aromatic nitrogens is 3. The van der Waals surface area contributed by atoms with Crippen molar-refractivity contribution in [3.05, 3.63) is 90.1 Å². The Labute approximate surface area is 256 Å². The number of nitrogens with zero attached hydrogens (tertiary/aromatic N) is 5. The number of anilines is 1. The van der Waals surface area contributed by atoms with Crippen LogP contribution < -0.4 is 10.1 Å². The van der Waals surface area contributed by atoms with Gasteiger partial charge in [-0.05, 0) is 81.9 Å². The average molecular weight is 595 g/mol. The number of phenolic OH excluding ortho intramolecular Hbond substituents is 2. The summed E-state index contributed by atoms with van der Waals surface area (Å²) in [6.45, 7) is 11.0. The molecular weight excluding hydrogens is 556 g/mol. The summed E-state index contributed by atoms with van der Waals surface area (Å²) in [4.78, 5) is 21.8. The highest BCUT2D eigenvalue weighted by atomic mass is 16.5. The molecule has 1 fully saturated rings. The zero-order chi connectivity index (χ0) is 30.8. The van der Waals surface area contributed by atoms with E-state index in [-0.39, 0.29) is 28.8 Å². The van der Waals surface area contributed by atoms with E-state index in [1.54, 1.807) is 30.5 Å². The van der Waals surface area contributed by atoms with Gasteiger partial charge in [0.1, 0.15) is 28.7 Å². The lowest BCUT2D eigenvalue weighted by atomic mass is 10.1. The van der Waals surface area contributed by atoms with E-state index in [4.69, 9.17) is 4.74 Å². The van der Waals surface area contributed by atoms with Crippen LogP contribution in [0.5, 0.6) is 23.0 Å². The van der Waals surface area contributed by atoms with Gasteiger partial charge in [0.15, 0.2) is 0 Å². The number of phenols is 2. The smallest absolute Gasteiger partial charge is 0.255 e. The number of benzene rings is 3. The highest BCUT2D eigenvalue weighted by molar-refractivity contribution is 6.04. The zero-order valence-electron chi connectivity index (χ0n) is 25.3. The lowest BCUT2D eigenvalue weighted by Crippen LogP contribution is -2.44. The van der Waals surface area contributed by atoms with Crippen molar-refractivity contribution in [1.82, 2.24) is 23.9 Å². The molecule has 0 radical (unpaired) electrons. The van der Waals surface area contributed by atoms with Gasteiger partial charge >= 0.3 is 0 Å². The number of carbonyl (C=O) groups excluding carboxylic acids is 1. The number of fused-ring (bicyclic) bond motifs is 1. The van der Waals surface area contributed by atoms with E-state index in [2.05, 4.69) is 57.7 Å². The maximum absolute atomic E-state index is 12.9. The fraction of sp³-hybridized carbons (Fsp3) is 0.294. The second-order valence-corrected chi connectivity index (χ2v) is 11.5. The number of nitrogens with one attached hydrogen (secondary N) is 1. The molecule has 0 atom stereocenters. The molecule has 10 heteroatoms. The van der Waals surface area contributed by atoms with Crippen LogP contribution in [-0.2, 0) is 6.54 Å². The first-order chi connectivity index (χ1) is 21.3. The van der Waals surface area contributed by atoms with E-state index in [1.165, 1.54) is 51.4 Å². The third-order valence-corrected chi connectivity index (χ3v) is 8.50. The van der Waals surface area contributed by atoms with Crippen LogP contribution in [0.1, 0.15) is 28.0 Å². The predicted octanol–water partition coefficient (Wildman–Crippen LogP) is 5.54. The van der Waals surface area contributed by atoms with Gasteiger partial charge in [-0.15, -0.1) is 0 Å². The first kappa shape index (κ1) is 29.3. The monoisotopic (exact) mass is 594 g/mol. The minimum Gasteiger partial charge on any atom is -0.506 e. The van der Waals surface area contributed by atoms with Crippen molar-refractivity contribution in [1.29, 1.82) is 0 Å². The lowest BCUT2D eigenvalue weighted by molar-refractivity contribution is 0.102. The maximum atomic E-state index is 12.9. The Morgan fingerprint density at radius 3 is 2.32 bits per heavy atom. The van der Waals surface area contributed by atoms with Gasteiger partial charge in [-0.1, -0.05) is 0 Å². The fourth-order valence-electron chi connectivity index (χ4n) is 5.85. The summed E-state index contributed by atoms with van der Waals surface area (Å²) in [5, 5.41) is 24.7.